The number of nitrogens with one attached hydrogen (secondary N) is 1. The summed E-state index contributed by atoms with van der Waals surface area (Å²) < 4.78 is 0. The molecule has 1 amide bonds. The van der Waals surface area contributed by atoms with Gasteiger partial charge >= 0.3 is 0 Å². The average Bonchev–Trinajstić information content (AvgIpc) is 2.39. The van der Waals surface area contributed by atoms with Crippen molar-refractivity contribution in [2.75, 3.05) is 20.1 Å². The van der Waals surface area contributed by atoms with E-state index in [0.29, 0.717) is 24.5 Å². The van der Waals surface area contributed by atoms with Crippen LogP contribution in [0.1, 0.15) is 24.9 Å². The number of benzene rings is 1. The van der Waals surface area contributed by atoms with E-state index >= 15 is 0 Å². The van der Waals surface area contributed by atoms with Gasteiger partial charge in [-0.3, -0.25) is 9.69 Å². The predicted octanol–water partition coefficient (Wildman–Crippen LogP) is 2.36. The normalized spacial score (nSPS) is 11.9. The molecule has 4 nitrogen and oxygen atoms in total. The van der Waals surface area contributed by atoms with Gasteiger partial charge in [-0.25, -0.2) is 0 Å². The number of rotatable bonds is 6. The van der Waals surface area contributed by atoms with Crippen LogP contribution in [0.2, 0.25) is 5.02 Å². The minimum atomic E-state index is -0.0708. The summed E-state index contributed by atoms with van der Waals surface area (Å²) in [5, 5.41) is 11.8. The van der Waals surface area contributed by atoms with Gasteiger partial charge in [0.25, 0.3) is 0 Å². The molecule has 0 aliphatic carbocycles. The Bertz CT molecular complexity index is 453. The third-order valence-electron chi connectivity index (χ3n) is 2.97. The molecule has 0 saturated carbocycles. The summed E-state index contributed by atoms with van der Waals surface area (Å²) in [6.07, 6.45) is 0.336. The van der Waals surface area contributed by atoms with Crippen molar-refractivity contribution in [2.24, 2.45) is 0 Å². The van der Waals surface area contributed by atoms with Crippen LogP contribution < -0.4 is 5.32 Å². The molecule has 5 heteroatoms. The lowest BCUT2D eigenvalue weighted by atomic mass is 10.1. The smallest absolute Gasteiger partial charge is 0.234 e. The quantitative estimate of drug-likeness (QED) is 0.814. The fraction of sp³-hybridized carbons (Fsp3) is 0.429. The van der Waals surface area contributed by atoms with Crippen LogP contribution in [0.15, 0.2) is 24.3 Å². The van der Waals surface area contributed by atoms with Gasteiger partial charge < -0.3 is 5.32 Å². The number of nitriles is 1. The van der Waals surface area contributed by atoms with Gasteiger partial charge in [0.1, 0.15) is 0 Å². The van der Waals surface area contributed by atoms with E-state index in [-0.39, 0.29) is 11.9 Å². The van der Waals surface area contributed by atoms with E-state index in [1.165, 1.54) is 0 Å². The van der Waals surface area contributed by atoms with Crippen LogP contribution in [0.4, 0.5) is 0 Å². The highest BCUT2D eigenvalue weighted by Gasteiger charge is 2.14. The SMILES string of the molecule is CC(c1ccc(Cl)cc1)N(C)CC(=O)NCCC#N. The monoisotopic (exact) mass is 279 g/mol. The molecule has 19 heavy (non-hydrogen) atoms. The number of hydrogen-bond acceptors (Lipinski definition) is 3. The lowest BCUT2D eigenvalue weighted by Crippen LogP contribution is -2.36. The molecular weight excluding hydrogens is 262 g/mol. The molecule has 0 spiro atoms. The fourth-order valence-electron chi connectivity index (χ4n) is 1.67. The topological polar surface area (TPSA) is 56.1 Å². The number of carbonyl (C=O) groups is 1. The minimum absolute atomic E-state index is 0.0708. The van der Waals surface area contributed by atoms with Gasteiger partial charge in [0.2, 0.25) is 5.91 Å². The van der Waals surface area contributed by atoms with Gasteiger partial charge in [0.15, 0.2) is 0 Å². The summed E-state index contributed by atoms with van der Waals surface area (Å²) in [6, 6.07) is 9.71. The first-order chi connectivity index (χ1) is 9.04. The minimum Gasteiger partial charge on any atom is -0.354 e. The van der Waals surface area contributed by atoms with Crippen molar-refractivity contribution in [1.82, 2.24) is 10.2 Å². The number of carbonyl (C=O) groups excluding carboxylic acids is 1. The van der Waals surface area contributed by atoms with Crippen LogP contribution in [-0.2, 0) is 4.79 Å². The standard InChI is InChI=1S/C14H18ClN3O/c1-11(12-4-6-13(15)7-5-12)18(2)10-14(19)17-9-3-8-16/h4-7,11H,3,9-10H2,1-2H3,(H,17,19). The molecule has 0 saturated heterocycles. The van der Waals surface area contributed by atoms with Crippen molar-refractivity contribution < 1.29 is 4.79 Å². The zero-order valence-electron chi connectivity index (χ0n) is 11.2. The molecule has 1 aromatic rings. The highest BCUT2D eigenvalue weighted by atomic mass is 35.5. The highest BCUT2D eigenvalue weighted by molar-refractivity contribution is 6.30. The molecule has 1 N–H and O–H groups in total. The van der Waals surface area contributed by atoms with E-state index < -0.39 is 0 Å². The molecule has 102 valence electrons. The molecule has 0 heterocycles. The number of amides is 1. The zero-order chi connectivity index (χ0) is 14.3. The van der Waals surface area contributed by atoms with Crippen LogP contribution >= 0.6 is 11.6 Å². The molecule has 0 aliphatic heterocycles. The highest BCUT2D eigenvalue weighted by Crippen LogP contribution is 2.20. The zero-order valence-corrected chi connectivity index (χ0v) is 11.9. The summed E-state index contributed by atoms with van der Waals surface area (Å²) in [5.41, 5.74) is 1.11. The van der Waals surface area contributed by atoms with Crippen molar-refractivity contribution in [3.8, 4) is 6.07 Å². The lowest BCUT2D eigenvalue weighted by Gasteiger charge is -2.24. The summed E-state index contributed by atoms with van der Waals surface area (Å²) in [5.74, 6) is -0.0708. The van der Waals surface area contributed by atoms with E-state index in [0.717, 1.165) is 5.56 Å². The average molecular weight is 280 g/mol. The lowest BCUT2D eigenvalue weighted by molar-refractivity contribution is -0.122. The summed E-state index contributed by atoms with van der Waals surface area (Å²) in [4.78, 5) is 13.6. The van der Waals surface area contributed by atoms with Crippen LogP contribution in [0, 0.1) is 11.3 Å². The molecule has 0 radical (unpaired) electrons. The Morgan fingerprint density at radius 2 is 2.11 bits per heavy atom. The van der Waals surface area contributed by atoms with Crippen LogP contribution in [0.5, 0.6) is 0 Å². The molecule has 1 atom stereocenters. The largest absolute Gasteiger partial charge is 0.354 e. The maximum absolute atomic E-state index is 11.6. The van der Waals surface area contributed by atoms with Gasteiger partial charge in [0.05, 0.1) is 19.0 Å². The van der Waals surface area contributed by atoms with Gasteiger partial charge in [0, 0.05) is 17.6 Å². The number of likely N-dealkylation sites (N-methyl/N-ethyl adjacent to an activating group) is 1. The van der Waals surface area contributed by atoms with Crippen molar-refractivity contribution in [3.05, 3.63) is 34.9 Å². The fourth-order valence-corrected chi connectivity index (χ4v) is 1.80. The molecule has 1 unspecified atom stereocenters. The van der Waals surface area contributed by atoms with Gasteiger partial charge in [-0.2, -0.15) is 5.26 Å². The Kier molecular flexibility index (Phi) is 6.34. The summed E-state index contributed by atoms with van der Waals surface area (Å²) in [7, 11) is 1.89. The number of halogens is 1. The van der Waals surface area contributed by atoms with Crippen molar-refractivity contribution in [3.63, 3.8) is 0 Å². The Hall–Kier alpha value is -1.57. The second-order valence-corrected chi connectivity index (χ2v) is 4.84. The Morgan fingerprint density at radius 1 is 1.47 bits per heavy atom. The van der Waals surface area contributed by atoms with Crippen molar-refractivity contribution >= 4 is 17.5 Å². The molecular formula is C14H18ClN3O. The Labute approximate surface area is 119 Å². The van der Waals surface area contributed by atoms with Gasteiger partial charge in [-0.15, -0.1) is 0 Å². The number of hydrogen-bond donors (Lipinski definition) is 1. The summed E-state index contributed by atoms with van der Waals surface area (Å²) >= 11 is 5.85. The molecule has 0 bridgehead atoms. The van der Waals surface area contributed by atoms with E-state index in [4.69, 9.17) is 16.9 Å². The van der Waals surface area contributed by atoms with Crippen LogP contribution in [0.25, 0.3) is 0 Å². The van der Waals surface area contributed by atoms with E-state index in [9.17, 15) is 4.79 Å². The maximum Gasteiger partial charge on any atom is 0.234 e. The first kappa shape index (κ1) is 15.5. The summed E-state index contributed by atoms with van der Waals surface area (Å²) in [6.45, 7) is 2.74. The van der Waals surface area contributed by atoms with Crippen molar-refractivity contribution in [2.45, 2.75) is 19.4 Å². The second-order valence-electron chi connectivity index (χ2n) is 4.40. The second kappa shape index (κ2) is 7.78. The molecule has 0 fully saturated rings. The third-order valence-corrected chi connectivity index (χ3v) is 3.22. The predicted molar refractivity (Wildman–Crippen MR) is 75.7 cm³/mol. The molecule has 0 aromatic heterocycles. The Morgan fingerprint density at radius 3 is 2.68 bits per heavy atom. The first-order valence-corrected chi connectivity index (χ1v) is 6.51. The van der Waals surface area contributed by atoms with E-state index in [1.54, 1.807) is 0 Å². The van der Waals surface area contributed by atoms with Gasteiger partial charge in [-0.05, 0) is 31.7 Å². The van der Waals surface area contributed by atoms with Crippen LogP contribution in [0.3, 0.4) is 0 Å². The number of nitrogens with zero attached hydrogens (tertiary/aromatic N) is 2. The van der Waals surface area contributed by atoms with E-state index in [1.807, 2.05) is 49.2 Å². The van der Waals surface area contributed by atoms with Gasteiger partial charge in [-0.1, -0.05) is 23.7 Å². The van der Waals surface area contributed by atoms with Crippen molar-refractivity contribution in [1.29, 1.82) is 5.26 Å². The first-order valence-electron chi connectivity index (χ1n) is 6.14. The van der Waals surface area contributed by atoms with E-state index in [2.05, 4.69) is 5.32 Å². The molecule has 0 aliphatic rings. The Balaban J connectivity index is 2.48. The third kappa shape index (κ3) is 5.29. The van der Waals surface area contributed by atoms with Crippen LogP contribution in [-0.4, -0.2) is 30.9 Å². The maximum atomic E-state index is 11.6. The molecule has 1 rings (SSSR count). The molecule has 1 aromatic carbocycles.